The topological polar surface area (TPSA) is 50.3 Å². The van der Waals surface area contributed by atoms with Crippen molar-refractivity contribution in [3.05, 3.63) is 24.3 Å². The van der Waals surface area contributed by atoms with Crippen LogP contribution in [0.1, 0.15) is 13.3 Å². The van der Waals surface area contributed by atoms with Gasteiger partial charge < -0.3 is 4.90 Å². The van der Waals surface area contributed by atoms with Gasteiger partial charge >= 0.3 is 0 Å². The minimum Gasteiger partial charge on any atom is -0.310 e. The van der Waals surface area contributed by atoms with Gasteiger partial charge in [0, 0.05) is 25.1 Å². The van der Waals surface area contributed by atoms with Crippen molar-refractivity contribution in [3.8, 4) is 0 Å². The lowest BCUT2D eigenvalue weighted by Crippen LogP contribution is -2.25. The molecule has 2 rings (SSSR count). The number of anilines is 1. The monoisotopic (exact) mass is 254 g/mol. The molecule has 4 nitrogen and oxygen atoms in total. The molecule has 0 saturated carbocycles. The van der Waals surface area contributed by atoms with Crippen LogP contribution < -0.4 is 4.90 Å². The third kappa shape index (κ3) is 2.82. The molecule has 90 valence electrons. The quantitative estimate of drug-likeness (QED) is 0.752. The van der Waals surface area contributed by atoms with E-state index in [2.05, 4.69) is 4.98 Å². The van der Waals surface area contributed by atoms with Gasteiger partial charge in [-0.3, -0.25) is 9.59 Å². The zero-order chi connectivity index (χ0) is 12.4. The molecule has 0 aromatic carbocycles. The molecule has 1 amide bonds. The number of amides is 1. The number of hydrogen-bond donors (Lipinski definition) is 0. The van der Waals surface area contributed by atoms with Gasteiger partial charge in [-0.15, -0.1) is 0 Å². The Morgan fingerprint density at radius 3 is 2.94 bits per heavy atom. The second kappa shape index (κ2) is 4.83. The molecule has 1 aliphatic rings. The molecule has 1 fully saturated rings. The molecule has 0 bridgehead atoms. The number of pyridine rings is 1. The van der Waals surface area contributed by atoms with Crippen LogP contribution in [0, 0.1) is 5.95 Å². The molecular formula is C11H11FN2O2S. The molecule has 1 aromatic heterocycles. The number of hydrogen-bond acceptors (Lipinski definition) is 4. The first-order valence-corrected chi connectivity index (χ1v) is 6.03. The summed E-state index contributed by atoms with van der Waals surface area (Å²) in [7, 11) is 0. The van der Waals surface area contributed by atoms with Crippen LogP contribution in [0.25, 0.3) is 0 Å². The number of nitrogens with zero attached hydrogens (tertiary/aromatic N) is 2. The molecule has 17 heavy (non-hydrogen) atoms. The van der Waals surface area contributed by atoms with Crippen LogP contribution in [0.3, 0.4) is 0 Å². The summed E-state index contributed by atoms with van der Waals surface area (Å²) >= 11 is 1.17. The van der Waals surface area contributed by atoms with E-state index in [1.807, 2.05) is 0 Å². The predicted molar refractivity (Wildman–Crippen MR) is 63.2 cm³/mol. The smallest absolute Gasteiger partial charge is 0.228 e. The molecule has 1 unspecified atom stereocenters. The van der Waals surface area contributed by atoms with E-state index in [9.17, 15) is 14.0 Å². The number of carbonyl (C=O) groups is 2. The fourth-order valence-corrected chi connectivity index (χ4v) is 2.68. The number of carbonyl (C=O) groups excluding carboxylic acids is 2. The summed E-state index contributed by atoms with van der Waals surface area (Å²) in [6, 6.07) is 2.73. The lowest BCUT2D eigenvalue weighted by atomic mass is 10.4. The highest BCUT2D eigenvalue weighted by molar-refractivity contribution is 8.14. The van der Waals surface area contributed by atoms with Gasteiger partial charge in [0.05, 0.1) is 11.9 Å². The third-order valence-corrected chi connectivity index (χ3v) is 3.43. The van der Waals surface area contributed by atoms with Crippen molar-refractivity contribution >= 4 is 28.5 Å². The Balaban J connectivity index is 2.10. The van der Waals surface area contributed by atoms with Crippen molar-refractivity contribution in [3.63, 3.8) is 0 Å². The largest absolute Gasteiger partial charge is 0.310 e. The molecule has 6 heteroatoms. The molecule has 1 aromatic rings. The van der Waals surface area contributed by atoms with Crippen molar-refractivity contribution in [2.24, 2.45) is 0 Å². The number of aromatic nitrogens is 1. The highest BCUT2D eigenvalue weighted by Crippen LogP contribution is 2.28. The average molecular weight is 254 g/mol. The molecular weight excluding hydrogens is 243 g/mol. The van der Waals surface area contributed by atoms with Crippen molar-refractivity contribution < 1.29 is 14.0 Å². The molecule has 0 N–H and O–H groups in total. The van der Waals surface area contributed by atoms with Crippen LogP contribution in [0.5, 0.6) is 0 Å². The Morgan fingerprint density at radius 1 is 1.59 bits per heavy atom. The van der Waals surface area contributed by atoms with E-state index in [1.54, 1.807) is 0 Å². The summed E-state index contributed by atoms with van der Waals surface area (Å²) in [5, 5.41) is -0.0214. The van der Waals surface area contributed by atoms with Gasteiger partial charge in [0.15, 0.2) is 5.12 Å². The van der Waals surface area contributed by atoms with E-state index in [-0.39, 0.29) is 16.3 Å². The molecule has 0 spiro atoms. The standard InChI is InChI=1S/C11H11FN2O2S/c1-7(15)17-9-4-11(16)14(6-9)8-2-3-10(12)13-5-8/h2-3,5,9H,4,6H2,1H3. The molecule has 1 atom stereocenters. The van der Waals surface area contributed by atoms with E-state index >= 15 is 0 Å². The van der Waals surface area contributed by atoms with Gasteiger partial charge in [0.1, 0.15) is 0 Å². The van der Waals surface area contributed by atoms with Gasteiger partial charge in [0.2, 0.25) is 11.9 Å². The minimum atomic E-state index is -0.574. The van der Waals surface area contributed by atoms with Crippen LogP contribution in [0.4, 0.5) is 10.1 Å². The molecule has 0 radical (unpaired) electrons. The maximum absolute atomic E-state index is 12.7. The lowest BCUT2D eigenvalue weighted by Gasteiger charge is -2.15. The maximum Gasteiger partial charge on any atom is 0.228 e. The first-order chi connectivity index (χ1) is 8.06. The van der Waals surface area contributed by atoms with Gasteiger partial charge in [-0.1, -0.05) is 11.8 Å². The van der Waals surface area contributed by atoms with E-state index < -0.39 is 5.95 Å². The predicted octanol–water partition coefficient (Wildman–Crippen LogP) is 1.61. The maximum atomic E-state index is 12.7. The highest BCUT2D eigenvalue weighted by atomic mass is 32.2. The zero-order valence-electron chi connectivity index (χ0n) is 9.22. The van der Waals surface area contributed by atoms with Crippen LogP contribution in [0.15, 0.2) is 18.3 Å². The van der Waals surface area contributed by atoms with Crippen LogP contribution in [-0.4, -0.2) is 27.8 Å². The van der Waals surface area contributed by atoms with Crippen LogP contribution in [0.2, 0.25) is 0 Å². The summed E-state index contributed by atoms with van der Waals surface area (Å²) in [5.74, 6) is -0.632. The number of rotatable bonds is 2. The van der Waals surface area contributed by atoms with Gasteiger partial charge in [-0.05, 0) is 12.1 Å². The van der Waals surface area contributed by atoms with Gasteiger partial charge in [-0.2, -0.15) is 4.39 Å². The summed E-state index contributed by atoms with van der Waals surface area (Å²) in [4.78, 5) is 27.7. The van der Waals surface area contributed by atoms with Crippen molar-refractivity contribution in [2.75, 3.05) is 11.4 Å². The Bertz CT molecular complexity index is 449. The first-order valence-electron chi connectivity index (χ1n) is 5.15. The fourth-order valence-electron chi connectivity index (χ4n) is 1.77. The Labute approximate surface area is 102 Å². The van der Waals surface area contributed by atoms with Gasteiger partial charge in [0.25, 0.3) is 0 Å². The molecule has 0 aliphatic carbocycles. The molecule has 2 heterocycles. The Kier molecular flexibility index (Phi) is 3.42. The average Bonchev–Trinajstić information content (AvgIpc) is 2.59. The molecule has 1 aliphatic heterocycles. The second-order valence-corrected chi connectivity index (χ2v) is 5.26. The summed E-state index contributed by atoms with van der Waals surface area (Å²) < 4.78 is 12.7. The van der Waals surface area contributed by atoms with E-state index in [0.717, 1.165) is 0 Å². The lowest BCUT2D eigenvalue weighted by molar-refractivity contribution is -0.117. The second-order valence-electron chi connectivity index (χ2n) is 3.78. The number of thioether (sulfide) groups is 1. The Morgan fingerprint density at radius 2 is 2.35 bits per heavy atom. The summed E-state index contributed by atoms with van der Waals surface area (Å²) in [6.07, 6.45) is 1.66. The van der Waals surface area contributed by atoms with E-state index in [0.29, 0.717) is 18.7 Å². The minimum absolute atomic E-state index is 0.00174. The van der Waals surface area contributed by atoms with E-state index in [1.165, 1.54) is 41.9 Å². The fraction of sp³-hybridized carbons (Fsp3) is 0.364. The summed E-state index contributed by atoms with van der Waals surface area (Å²) in [6.45, 7) is 1.95. The van der Waals surface area contributed by atoms with Crippen LogP contribution >= 0.6 is 11.8 Å². The Hall–Kier alpha value is -1.43. The van der Waals surface area contributed by atoms with Crippen LogP contribution in [-0.2, 0) is 9.59 Å². The van der Waals surface area contributed by atoms with Crippen molar-refractivity contribution in [1.82, 2.24) is 4.98 Å². The third-order valence-electron chi connectivity index (χ3n) is 2.45. The van der Waals surface area contributed by atoms with Crippen molar-refractivity contribution in [1.29, 1.82) is 0 Å². The number of halogens is 1. The normalized spacial score (nSPS) is 19.8. The SMILES string of the molecule is CC(=O)SC1CC(=O)N(c2ccc(F)nc2)C1. The van der Waals surface area contributed by atoms with Crippen molar-refractivity contribution in [2.45, 2.75) is 18.6 Å². The summed E-state index contributed by atoms with van der Waals surface area (Å²) in [5.41, 5.74) is 0.572. The first kappa shape index (κ1) is 12.0. The van der Waals surface area contributed by atoms with Gasteiger partial charge in [-0.25, -0.2) is 4.98 Å². The zero-order valence-corrected chi connectivity index (χ0v) is 10.0. The molecule has 1 saturated heterocycles. The highest BCUT2D eigenvalue weighted by Gasteiger charge is 2.31. The van der Waals surface area contributed by atoms with E-state index in [4.69, 9.17) is 0 Å².